The second-order valence-electron chi connectivity index (χ2n) is 10.3. The molecule has 1 fully saturated rings. The molecule has 0 saturated carbocycles. The van der Waals surface area contributed by atoms with Gasteiger partial charge in [-0.15, -0.1) is 0 Å². The maximum Gasteiger partial charge on any atom is 0.186 e. The molecule has 5 heteroatoms. The van der Waals surface area contributed by atoms with Crippen molar-refractivity contribution in [1.82, 2.24) is 0 Å². The molecule has 5 atom stereocenters. The minimum atomic E-state index is -0.504. The van der Waals surface area contributed by atoms with Gasteiger partial charge >= 0.3 is 0 Å². The molecule has 0 aromatic heterocycles. The maximum atomic E-state index is 6.59. The third-order valence-corrected chi connectivity index (χ3v) is 6.33. The van der Waals surface area contributed by atoms with E-state index in [-0.39, 0.29) is 24.4 Å². The first-order chi connectivity index (χ1) is 17.0. The van der Waals surface area contributed by atoms with E-state index < -0.39 is 6.29 Å². The second-order valence-corrected chi connectivity index (χ2v) is 10.3. The number of hydrogen-bond acceptors (Lipinski definition) is 5. The number of ether oxygens (including phenoxy) is 5. The Balaban J connectivity index is 1.83. The summed E-state index contributed by atoms with van der Waals surface area (Å²) >= 11 is 0. The summed E-state index contributed by atoms with van der Waals surface area (Å²) < 4.78 is 31.9. The van der Waals surface area contributed by atoms with Crippen LogP contribution >= 0.6 is 0 Å². The highest BCUT2D eigenvalue weighted by atomic mass is 16.7. The lowest BCUT2D eigenvalue weighted by atomic mass is 9.92. The maximum absolute atomic E-state index is 6.59. The van der Waals surface area contributed by atoms with E-state index in [0.717, 1.165) is 30.4 Å². The van der Waals surface area contributed by atoms with Crippen LogP contribution < -0.4 is 0 Å². The van der Waals surface area contributed by atoms with Crippen LogP contribution in [-0.2, 0) is 36.9 Å². The van der Waals surface area contributed by atoms with Crippen LogP contribution in [0.3, 0.4) is 0 Å². The third kappa shape index (κ3) is 9.00. The average Bonchev–Trinajstić information content (AvgIpc) is 2.85. The van der Waals surface area contributed by atoms with Crippen molar-refractivity contribution in [3.63, 3.8) is 0 Å². The number of hydrogen-bond donors (Lipinski definition) is 0. The van der Waals surface area contributed by atoms with E-state index in [1.54, 1.807) is 7.11 Å². The fourth-order valence-electron chi connectivity index (χ4n) is 4.53. The van der Waals surface area contributed by atoms with Gasteiger partial charge in [0.25, 0.3) is 0 Å². The molecule has 0 amide bonds. The molecule has 194 valence electrons. The molecule has 0 bridgehead atoms. The van der Waals surface area contributed by atoms with Crippen molar-refractivity contribution in [2.45, 2.75) is 90.9 Å². The van der Waals surface area contributed by atoms with Gasteiger partial charge in [0, 0.05) is 13.7 Å². The Hall–Kier alpha value is -1.76. The molecule has 0 radical (unpaired) electrons. The van der Waals surface area contributed by atoms with Crippen LogP contribution in [0.2, 0.25) is 0 Å². The van der Waals surface area contributed by atoms with Gasteiger partial charge in [-0.1, -0.05) is 88.4 Å². The Morgan fingerprint density at radius 2 is 1.29 bits per heavy atom. The zero-order valence-electron chi connectivity index (χ0n) is 22.1. The summed E-state index contributed by atoms with van der Waals surface area (Å²) in [6.07, 6.45) is 1.33. The molecule has 0 N–H and O–H groups in total. The lowest BCUT2D eigenvalue weighted by molar-refractivity contribution is -0.317. The van der Waals surface area contributed by atoms with Crippen LogP contribution in [0.15, 0.2) is 60.7 Å². The van der Waals surface area contributed by atoms with Crippen molar-refractivity contribution in [2.75, 3.05) is 13.7 Å². The van der Waals surface area contributed by atoms with Gasteiger partial charge in [0.15, 0.2) is 6.29 Å². The molecule has 5 nitrogen and oxygen atoms in total. The molecule has 1 aliphatic rings. The SMILES string of the molecule is CO[C@H]1O[C@H](CC(C)C)[C@@H](OCc2ccccc2)[C@H](OCc2ccccc2)[C@@H]1OCCCC(C)C. The van der Waals surface area contributed by atoms with Gasteiger partial charge in [0.2, 0.25) is 0 Å². The second kappa shape index (κ2) is 14.7. The highest BCUT2D eigenvalue weighted by molar-refractivity contribution is 5.14. The Morgan fingerprint density at radius 3 is 1.80 bits per heavy atom. The fourth-order valence-corrected chi connectivity index (χ4v) is 4.53. The zero-order chi connectivity index (χ0) is 25.0. The van der Waals surface area contributed by atoms with Crippen LogP contribution in [0, 0.1) is 11.8 Å². The van der Waals surface area contributed by atoms with E-state index in [1.165, 1.54) is 0 Å². The van der Waals surface area contributed by atoms with Crippen LogP contribution in [0.25, 0.3) is 0 Å². The molecule has 2 aromatic carbocycles. The normalized spacial score (nSPS) is 24.8. The first-order valence-electron chi connectivity index (χ1n) is 13.1. The molecule has 1 heterocycles. The Labute approximate surface area is 212 Å². The van der Waals surface area contributed by atoms with E-state index in [0.29, 0.717) is 31.7 Å². The summed E-state index contributed by atoms with van der Waals surface area (Å²) in [5.41, 5.74) is 2.25. The topological polar surface area (TPSA) is 46.2 Å². The summed E-state index contributed by atoms with van der Waals surface area (Å²) in [5, 5.41) is 0. The quantitative estimate of drug-likeness (QED) is 0.291. The van der Waals surface area contributed by atoms with Gasteiger partial charge in [0.05, 0.1) is 19.3 Å². The first kappa shape index (κ1) is 27.8. The molecular formula is C30H44O5. The van der Waals surface area contributed by atoms with Crippen LogP contribution in [0.5, 0.6) is 0 Å². The van der Waals surface area contributed by atoms with Crippen molar-refractivity contribution in [1.29, 1.82) is 0 Å². The van der Waals surface area contributed by atoms with Crippen LogP contribution in [0.4, 0.5) is 0 Å². The molecule has 2 aromatic rings. The van der Waals surface area contributed by atoms with Gasteiger partial charge in [-0.25, -0.2) is 0 Å². The Bertz CT molecular complexity index is 810. The lowest BCUT2D eigenvalue weighted by Gasteiger charge is -2.46. The number of benzene rings is 2. The number of rotatable bonds is 14. The zero-order valence-corrected chi connectivity index (χ0v) is 22.1. The molecule has 35 heavy (non-hydrogen) atoms. The minimum Gasteiger partial charge on any atom is -0.370 e. The predicted octanol–water partition coefficient (Wildman–Crippen LogP) is 6.40. The van der Waals surface area contributed by atoms with Gasteiger partial charge in [-0.2, -0.15) is 0 Å². The first-order valence-corrected chi connectivity index (χ1v) is 13.1. The summed E-state index contributed by atoms with van der Waals surface area (Å²) in [7, 11) is 1.68. The van der Waals surface area contributed by atoms with Gasteiger partial charge in [0.1, 0.15) is 18.3 Å². The van der Waals surface area contributed by atoms with E-state index >= 15 is 0 Å². The summed E-state index contributed by atoms with van der Waals surface area (Å²) in [6.45, 7) is 10.5. The summed E-state index contributed by atoms with van der Waals surface area (Å²) in [5.74, 6) is 1.08. The van der Waals surface area contributed by atoms with Crippen LogP contribution in [0.1, 0.15) is 58.1 Å². The van der Waals surface area contributed by atoms with Crippen molar-refractivity contribution in [2.24, 2.45) is 11.8 Å². The molecule has 0 unspecified atom stereocenters. The highest BCUT2D eigenvalue weighted by Gasteiger charge is 2.48. The van der Waals surface area contributed by atoms with Crippen molar-refractivity contribution >= 4 is 0 Å². The highest BCUT2D eigenvalue weighted by Crippen LogP contribution is 2.33. The largest absolute Gasteiger partial charge is 0.370 e. The van der Waals surface area contributed by atoms with Crippen LogP contribution in [-0.4, -0.2) is 44.4 Å². The predicted molar refractivity (Wildman–Crippen MR) is 139 cm³/mol. The minimum absolute atomic E-state index is 0.153. The van der Waals surface area contributed by atoms with E-state index in [1.807, 2.05) is 36.4 Å². The average molecular weight is 485 g/mol. The van der Waals surface area contributed by atoms with E-state index in [4.69, 9.17) is 23.7 Å². The van der Waals surface area contributed by atoms with Crippen molar-refractivity contribution < 1.29 is 23.7 Å². The molecule has 3 rings (SSSR count). The standard InChI is InChI=1S/C30H44O5/c1-22(2)13-12-18-32-29-28(34-21-25-16-10-7-11-17-25)27(33-20-24-14-8-6-9-15-24)26(19-23(3)4)35-30(29)31-5/h6-11,14-17,22-23,26-30H,12-13,18-21H2,1-5H3/t26-,27-,28+,29+,30+/m1/s1. The lowest BCUT2D eigenvalue weighted by Crippen LogP contribution is -2.60. The van der Waals surface area contributed by atoms with E-state index in [9.17, 15) is 0 Å². The molecule has 0 spiro atoms. The van der Waals surface area contributed by atoms with Gasteiger partial charge < -0.3 is 23.7 Å². The number of methoxy groups -OCH3 is 1. The molecular weight excluding hydrogens is 440 g/mol. The van der Waals surface area contributed by atoms with Crippen molar-refractivity contribution in [3.05, 3.63) is 71.8 Å². The smallest absolute Gasteiger partial charge is 0.186 e. The summed E-state index contributed by atoms with van der Waals surface area (Å²) in [6, 6.07) is 20.5. The third-order valence-electron chi connectivity index (χ3n) is 6.33. The molecule has 1 saturated heterocycles. The Morgan fingerprint density at radius 1 is 0.714 bits per heavy atom. The van der Waals surface area contributed by atoms with E-state index in [2.05, 4.69) is 52.0 Å². The fraction of sp³-hybridized carbons (Fsp3) is 0.600. The van der Waals surface area contributed by atoms with Gasteiger partial charge in [-0.3, -0.25) is 0 Å². The molecule has 1 aliphatic heterocycles. The summed E-state index contributed by atoms with van der Waals surface area (Å²) in [4.78, 5) is 0. The molecule has 0 aliphatic carbocycles. The monoisotopic (exact) mass is 484 g/mol. The van der Waals surface area contributed by atoms with Crippen molar-refractivity contribution in [3.8, 4) is 0 Å². The Kier molecular flexibility index (Phi) is 11.7. The van der Waals surface area contributed by atoms with Gasteiger partial charge in [-0.05, 0) is 42.2 Å².